The third-order valence-corrected chi connectivity index (χ3v) is 5.79. The Hall–Kier alpha value is -1.28. The number of nitrogens with zero attached hydrogens (tertiary/aromatic N) is 2. The zero-order valence-electron chi connectivity index (χ0n) is 11.6. The number of hydrogen-bond acceptors (Lipinski definition) is 5. The van der Waals surface area contributed by atoms with Crippen LogP contribution in [0.15, 0.2) is 29.3 Å². The smallest absolute Gasteiger partial charge is 0.387 e. The number of carbonyl (C=O) groups excluding carboxylic acids is 1. The lowest BCUT2D eigenvalue weighted by molar-refractivity contribution is -0.116. The number of anilines is 1. The second kappa shape index (κ2) is 6.87. The molecule has 2 aliphatic rings. The van der Waals surface area contributed by atoms with Crippen molar-refractivity contribution in [3.8, 4) is 5.75 Å². The van der Waals surface area contributed by atoms with Gasteiger partial charge in [0.15, 0.2) is 0 Å². The molecule has 2 aliphatic heterocycles. The Kier molecular flexibility index (Phi) is 4.87. The first kappa shape index (κ1) is 15.6. The third-order valence-electron chi connectivity index (χ3n) is 3.33. The maximum Gasteiger partial charge on any atom is 0.387 e. The van der Waals surface area contributed by atoms with Crippen molar-refractivity contribution in [1.29, 1.82) is 0 Å². The first-order chi connectivity index (χ1) is 10.6. The molecule has 1 saturated heterocycles. The summed E-state index contributed by atoms with van der Waals surface area (Å²) in [5.41, 5.74) is 0.400. The van der Waals surface area contributed by atoms with Crippen LogP contribution in [0.1, 0.15) is 6.42 Å². The lowest BCUT2D eigenvalue weighted by atomic mass is 10.2. The van der Waals surface area contributed by atoms with Gasteiger partial charge in [0.1, 0.15) is 10.1 Å². The van der Waals surface area contributed by atoms with Gasteiger partial charge in [-0.05, 0) is 18.6 Å². The molecule has 8 heteroatoms. The summed E-state index contributed by atoms with van der Waals surface area (Å²) in [6.07, 6.45) is 0.673. The molecule has 2 heterocycles. The monoisotopic (exact) mass is 344 g/mol. The average molecular weight is 344 g/mol. The van der Waals surface area contributed by atoms with Crippen LogP contribution >= 0.6 is 23.5 Å². The van der Waals surface area contributed by atoms with Crippen molar-refractivity contribution in [2.24, 2.45) is 4.99 Å². The Balaban J connectivity index is 1.74. The molecule has 1 aromatic rings. The van der Waals surface area contributed by atoms with E-state index in [1.54, 1.807) is 30.0 Å². The van der Waals surface area contributed by atoms with E-state index in [0.717, 1.165) is 16.7 Å². The van der Waals surface area contributed by atoms with Crippen LogP contribution in [0.5, 0.6) is 5.75 Å². The highest BCUT2D eigenvalue weighted by molar-refractivity contribution is 8.39. The lowest BCUT2D eigenvalue weighted by Crippen LogP contribution is -2.29. The number of benzene rings is 1. The number of amides is 1. The minimum Gasteiger partial charge on any atom is -0.433 e. The van der Waals surface area contributed by atoms with Gasteiger partial charge in [-0.1, -0.05) is 35.7 Å². The van der Waals surface area contributed by atoms with Crippen LogP contribution in [0, 0.1) is 0 Å². The van der Waals surface area contributed by atoms with Crippen LogP contribution in [0.25, 0.3) is 0 Å². The van der Waals surface area contributed by atoms with Gasteiger partial charge in [-0.3, -0.25) is 9.79 Å². The molecule has 1 fully saturated rings. The molecule has 1 amide bonds. The highest BCUT2D eigenvalue weighted by Crippen LogP contribution is 2.37. The van der Waals surface area contributed by atoms with Gasteiger partial charge < -0.3 is 9.64 Å². The largest absolute Gasteiger partial charge is 0.433 e. The van der Waals surface area contributed by atoms with Crippen molar-refractivity contribution in [2.75, 3.05) is 23.7 Å². The average Bonchev–Trinajstić information content (AvgIpc) is 3.11. The van der Waals surface area contributed by atoms with E-state index in [1.165, 1.54) is 22.7 Å². The lowest BCUT2D eigenvalue weighted by Gasteiger charge is -2.20. The summed E-state index contributed by atoms with van der Waals surface area (Å²) in [6.45, 7) is -1.62. The molecule has 0 aromatic heterocycles. The van der Waals surface area contributed by atoms with E-state index in [9.17, 15) is 13.6 Å². The van der Waals surface area contributed by atoms with Gasteiger partial charge in [-0.15, -0.1) is 0 Å². The molecule has 1 atom stereocenters. The number of hydrogen-bond donors (Lipinski definition) is 0. The predicted octanol–water partition coefficient (Wildman–Crippen LogP) is 3.23. The van der Waals surface area contributed by atoms with Crippen molar-refractivity contribution < 1.29 is 18.3 Å². The van der Waals surface area contributed by atoms with Gasteiger partial charge in [0, 0.05) is 12.3 Å². The molecule has 0 aliphatic carbocycles. The standard InChI is InChI=1S/C14H14F2N2O2S2/c15-13(16)20-10-4-2-1-3-9(10)18-7-5-11(12(18)19)22-14-17-6-8-21-14/h1-4,11,13H,5-8H2/t11-/m1/s1. The Morgan fingerprint density at radius 1 is 1.41 bits per heavy atom. The summed E-state index contributed by atoms with van der Waals surface area (Å²) in [4.78, 5) is 18.4. The van der Waals surface area contributed by atoms with Crippen LogP contribution in [-0.4, -0.2) is 41.0 Å². The molecule has 0 radical (unpaired) electrons. The van der Waals surface area contributed by atoms with Gasteiger partial charge in [-0.25, -0.2) is 0 Å². The Morgan fingerprint density at radius 3 is 2.95 bits per heavy atom. The number of carbonyl (C=O) groups is 1. The van der Waals surface area contributed by atoms with Crippen molar-refractivity contribution in [2.45, 2.75) is 18.3 Å². The van der Waals surface area contributed by atoms with Gasteiger partial charge in [0.2, 0.25) is 5.91 Å². The number of para-hydroxylation sites is 2. The summed E-state index contributed by atoms with van der Waals surface area (Å²) in [5.74, 6) is 0.910. The van der Waals surface area contributed by atoms with Crippen LogP contribution < -0.4 is 9.64 Å². The Labute approximate surface area is 135 Å². The second-order valence-electron chi connectivity index (χ2n) is 4.73. The highest BCUT2D eigenvalue weighted by Gasteiger charge is 2.36. The normalized spacial score (nSPS) is 21.6. The number of thioether (sulfide) groups is 2. The van der Waals surface area contributed by atoms with E-state index in [-0.39, 0.29) is 16.9 Å². The Bertz CT molecular complexity index is 598. The fraction of sp³-hybridized carbons (Fsp3) is 0.429. The SMILES string of the molecule is O=C1[C@H](SC2=NCCS2)CCN1c1ccccc1OC(F)F. The number of halogens is 2. The maximum atomic E-state index is 12.5. The minimum atomic E-state index is -2.91. The topological polar surface area (TPSA) is 41.9 Å². The van der Waals surface area contributed by atoms with Gasteiger partial charge in [0.05, 0.1) is 17.5 Å². The van der Waals surface area contributed by atoms with Gasteiger partial charge in [0.25, 0.3) is 0 Å². The zero-order chi connectivity index (χ0) is 15.5. The van der Waals surface area contributed by atoms with Gasteiger partial charge >= 0.3 is 6.61 Å². The molecule has 22 heavy (non-hydrogen) atoms. The number of ether oxygens (including phenoxy) is 1. The summed E-state index contributed by atoms with van der Waals surface area (Å²) >= 11 is 3.13. The zero-order valence-corrected chi connectivity index (χ0v) is 13.2. The molecule has 0 unspecified atom stereocenters. The summed E-state index contributed by atoms with van der Waals surface area (Å²) in [6, 6.07) is 6.40. The molecule has 0 spiro atoms. The summed E-state index contributed by atoms with van der Waals surface area (Å²) in [5, 5.41) is -0.205. The van der Waals surface area contributed by atoms with Crippen molar-refractivity contribution in [3.63, 3.8) is 0 Å². The first-order valence-electron chi connectivity index (χ1n) is 6.84. The van der Waals surface area contributed by atoms with Crippen molar-refractivity contribution in [1.82, 2.24) is 0 Å². The molecule has 3 rings (SSSR count). The van der Waals surface area contributed by atoms with Crippen LogP contribution in [0.4, 0.5) is 14.5 Å². The predicted molar refractivity (Wildman–Crippen MR) is 86.2 cm³/mol. The molecular formula is C14H14F2N2O2S2. The van der Waals surface area contributed by atoms with Crippen LogP contribution in [0.2, 0.25) is 0 Å². The fourth-order valence-electron chi connectivity index (χ4n) is 2.39. The second-order valence-corrected chi connectivity index (χ2v) is 7.26. The van der Waals surface area contributed by atoms with Crippen LogP contribution in [0.3, 0.4) is 0 Å². The third kappa shape index (κ3) is 3.38. The molecule has 0 saturated carbocycles. The van der Waals surface area contributed by atoms with Crippen molar-refractivity contribution in [3.05, 3.63) is 24.3 Å². The number of rotatable bonds is 4. The van der Waals surface area contributed by atoms with E-state index < -0.39 is 6.61 Å². The number of aliphatic imine (C=N–C) groups is 1. The van der Waals surface area contributed by atoms with Crippen LogP contribution in [-0.2, 0) is 4.79 Å². The van der Waals surface area contributed by atoms with E-state index in [2.05, 4.69) is 9.73 Å². The van der Waals surface area contributed by atoms with Gasteiger partial charge in [-0.2, -0.15) is 8.78 Å². The van der Waals surface area contributed by atoms with E-state index in [0.29, 0.717) is 18.7 Å². The summed E-state index contributed by atoms with van der Waals surface area (Å²) < 4.78 is 30.4. The molecule has 0 bridgehead atoms. The first-order valence-corrected chi connectivity index (χ1v) is 8.71. The van der Waals surface area contributed by atoms with E-state index in [4.69, 9.17) is 0 Å². The fourth-order valence-corrected chi connectivity index (χ4v) is 4.66. The molecule has 4 nitrogen and oxygen atoms in total. The number of alkyl halides is 2. The van der Waals surface area contributed by atoms with Crippen molar-refractivity contribution >= 4 is 39.5 Å². The van der Waals surface area contributed by atoms with E-state index >= 15 is 0 Å². The quantitative estimate of drug-likeness (QED) is 0.841. The maximum absolute atomic E-state index is 12.5. The minimum absolute atomic E-state index is 0.0316. The highest BCUT2D eigenvalue weighted by atomic mass is 32.2. The molecular weight excluding hydrogens is 330 g/mol. The summed E-state index contributed by atoms with van der Waals surface area (Å²) in [7, 11) is 0. The molecule has 1 aromatic carbocycles. The molecule has 118 valence electrons. The molecule has 0 N–H and O–H groups in total. The Morgan fingerprint density at radius 2 is 2.23 bits per heavy atom. The van der Waals surface area contributed by atoms with E-state index in [1.807, 2.05) is 0 Å².